The van der Waals surface area contributed by atoms with Gasteiger partial charge in [0.15, 0.2) is 11.5 Å². The Hall–Kier alpha value is -0.926. The van der Waals surface area contributed by atoms with Crippen molar-refractivity contribution in [3.8, 4) is 11.5 Å². The smallest absolute Gasteiger partial charge is 0.162 e. The van der Waals surface area contributed by atoms with E-state index in [9.17, 15) is 4.79 Å². The van der Waals surface area contributed by atoms with Crippen LogP contribution >= 0.6 is 0 Å². The van der Waals surface area contributed by atoms with Gasteiger partial charge in [-0.15, -0.1) is 0 Å². The van der Waals surface area contributed by atoms with E-state index in [1.807, 2.05) is 0 Å². The number of rotatable bonds is 4. The molecule has 1 aromatic carbocycles. The van der Waals surface area contributed by atoms with Crippen LogP contribution in [0.5, 0.6) is 11.5 Å². The standard InChI is InChI=1S/C13H16O3.V/c1-15-12-7-6-10(9-14)8-13(12)16-11-4-2-3-5-11;/h6-9,11H,2-5H2,1H3;. The second-order valence-corrected chi connectivity index (χ2v) is 4.05. The Balaban J connectivity index is 0.00000144. The predicted octanol–water partition coefficient (Wildman–Crippen LogP) is 2.83. The van der Waals surface area contributed by atoms with Crippen LogP contribution in [0, 0.1) is 0 Å². The van der Waals surface area contributed by atoms with E-state index in [1.165, 1.54) is 12.8 Å². The van der Waals surface area contributed by atoms with Gasteiger partial charge >= 0.3 is 0 Å². The fraction of sp³-hybridized carbons (Fsp3) is 0.462. The fourth-order valence-electron chi connectivity index (χ4n) is 2.04. The summed E-state index contributed by atoms with van der Waals surface area (Å²) in [6, 6.07) is 5.24. The van der Waals surface area contributed by atoms with Crippen LogP contribution in [0.25, 0.3) is 0 Å². The number of carbonyl (C=O) groups excluding carboxylic acids is 1. The van der Waals surface area contributed by atoms with E-state index in [1.54, 1.807) is 25.3 Å². The molecule has 0 spiro atoms. The van der Waals surface area contributed by atoms with Crippen molar-refractivity contribution in [2.45, 2.75) is 31.8 Å². The Bertz CT molecular complexity index is 373. The Morgan fingerprint density at radius 2 is 1.94 bits per heavy atom. The van der Waals surface area contributed by atoms with E-state index in [-0.39, 0.29) is 24.7 Å². The van der Waals surface area contributed by atoms with Gasteiger partial charge in [-0.2, -0.15) is 0 Å². The molecule has 1 aliphatic carbocycles. The summed E-state index contributed by atoms with van der Waals surface area (Å²) in [4.78, 5) is 10.7. The van der Waals surface area contributed by atoms with Crippen LogP contribution in [0.15, 0.2) is 18.2 Å². The number of aldehydes is 1. The van der Waals surface area contributed by atoms with Crippen molar-refractivity contribution in [3.63, 3.8) is 0 Å². The molecule has 0 amide bonds. The molecule has 0 aliphatic heterocycles. The van der Waals surface area contributed by atoms with Crippen LogP contribution in [-0.2, 0) is 18.6 Å². The number of hydrogen-bond acceptors (Lipinski definition) is 3. The molecule has 0 heterocycles. The SMILES string of the molecule is COc1ccc(C=O)cc1OC1CCCC1.[V]. The zero-order valence-corrected chi connectivity index (χ0v) is 11.3. The minimum atomic E-state index is 0. The monoisotopic (exact) mass is 271 g/mol. The van der Waals surface area contributed by atoms with Crippen molar-refractivity contribution < 1.29 is 32.8 Å². The van der Waals surface area contributed by atoms with E-state index < -0.39 is 0 Å². The summed E-state index contributed by atoms with van der Waals surface area (Å²) in [5, 5.41) is 0. The van der Waals surface area contributed by atoms with Crippen LogP contribution in [0.1, 0.15) is 36.0 Å². The van der Waals surface area contributed by atoms with Gasteiger partial charge in [-0.3, -0.25) is 4.79 Å². The molecule has 1 aromatic rings. The second-order valence-electron chi connectivity index (χ2n) is 4.05. The quantitative estimate of drug-likeness (QED) is 0.790. The summed E-state index contributed by atoms with van der Waals surface area (Å²) in [6.45, 7) is 0. The first-order valence-electron chi connectivity index (χ1n) is 5.63. The Morgan fingerprint density at radius 3 is 2.53 bits per heavy atom. The summed E-state index contributed by atoms with van der Waals surface area (Å²) in [5.74, 6) is 1.37. The van der Waals surface area contributed by atoms with Crippen molar-refractivity contribution in [1.29, 1.82) is 0 Å². The number of methoxy groups -OCH3 is 1. The van der Waals surface area contributed by atoms with E-state index in [0.717, 1.165) is 19.1 Å². The van der Waals surface area contributed by atoms with Crippen LogP contribution < -0.4 is 9.47 Å². The Labute approximate surface area is 113 Å². The molecule has 0 saturated heterocycles. The van der Waals surface area contributed by atoms with E-state index in [0.29, 0.717) is 17.1 Å². The largest absolute Gasteiger partial charge is 0.493 e. The van der Waals surface area contributed by atoms with Gasteiger partial charge in [-0.05, 0) is 43.9 Å². The van der Waals surface area contributed by atoms with Crippen LogP contribution in [0.2, 0.25) is 0 Å². The molecule has 4 heteroatoms. The Kier molecular flexibility index (Phi) is 5.59. The van der Waals surface area contributed by atoms with Crippen molar-refractivity contribution in [3.05, 3.63) is 23.8 Å². The molecule has 0 atom stereocenters. The van der Waals surface area contributed by atoms with Gasteiger partial charge in [0, 0.05) is 24.1 Å². The van der Waals surface area contributed by atoms with Gasteiger partial charge < -0.3 is 9.47 Å². The molecule has 91 valence electrons. The third-order valence-corrected chi connectivity index (χ3v) is 2.92. The molecule has 0 aromatic heterocycles. The average molecular weight is 271 g/mol. The topological polar surface area (TPSA) is 35.5 Å². The van der Waals surface area contributed by atoms with Gasteiger partial charge in [0.05, 0.1) is 13.2 Å². The number of benzene rings is 1. The maximum absolute atomic E-state index is 10.7. The summed E-state index contributed by atoms with van der Waals surface area (Å²) in [5.41, 5.74) is 0.619. The predicted molar refractivity (Wildman–Crippen MR) is 61.3 cm³/mol. The first-order valence-corrected chi connectivity index (χ1v) is 5.63. The first-order chi connectivity index (χ1) is 7.83. The summed E-state index contributed by atoms with van der Waals surface area (Å²) < 4.78 is 11.1. The molecule has 0 unspecified atom stereocenters. The Morgan fingerprint density at radius 1 is 1.24 bits per heavy atom. The second kappa shape index (κ2) is 6.72. The molecule has 1 aliphatic rings. The molecule has 2 rings (SSSR count). The van der Waals surface area contributed by atoms with Crippen LogP contribution in [0.4, 0.5) is 0 Å². The van der Waals surface area contributed by atoms with Crippen LogP contribution in [-0.4, -0.2) is 19.5 Å². The van der Waals surface area contributed by atoms with Crippen molar-refractivity contribution in [1.82, 2.24) is 0 Å². The molecule has 0 N–H and O–H groups in total. The molecule has 17 heavy (non-hydrogen) atoms. The molecular formula is C13H16O3V. The normalized spacial score (nSPS) is 15.1. The minimum Gasteiger partial charge on any atom is -0.493 e. The molecule has 1 fully saturated rings. The van der Waals surface area contributed by atoms with Crippen molar-refractivity contribution in [2.24, 2.45) is 0 Å². The number of carbonyl (C=O) groups is 1. The minimum absolute atomic E-state index is 0. The summed E-state index contributed by atoms with van der Waals surface area (Å²) in [7, 11) is 1.61. The molecule has 0 bridgehead atoms. The molecule has 1 saturated carbocycles. The van der Waals surface area contributed by atoms with E-state index in [2.05, 4.69) is 0 Å². The maximum atomic E-state index is 10.7. The van der Waals surface area contributed by atoms with E-state index in [4.69, 9.17) is 9.47 Å². The maximum Gasteiger partial charge on any atom is 0.162 e. The van der Waals surface area contributed by atoms with Crippen molar-refractivity contribution >= 4 is 6.29 Å². The molecule has 1 radical (unpaired) electrons. The van der Waals surface area contributed by atoms with Crippen molar-refractivity contribution in [2.75, 3.05) is 7.11 Å². The molecular weight excluding hydrogens is 255 g/mol. The third-order valence-electron chi connectivity index (χ3n) is 2.92. The summed E-state index contributed by atoms with van der Waals surface area (Å²) in [6.07, 6.45) is 5.72. The van der Waals surface area contributed by atoms with Gasteiger partial charge in [0.1, 0.15) is 6.29 Å². The van der Waals surface area contributed by atoms with Crippen LogP contribution in [0.3, 0.4) is 0 Å². The van der Waals surface area contributed by atoms with Gasteiger partial charge in [-0.25, -0.2) is 0 Å². The van der Waals surface area contributed by atoms with E-state index >= 15 is 0 Å². The van der Waals surface area contributed by atoms with Gasteiger partial charge in [-0.1, -0.05) is 0 Å². The van der Waals surface area contributed by atoms with Gasteiger partial charge in [0.2, 0.25) is 0 Å². The number of ether oxygens (including phenoxy) is 2. The van der Waals surface area contributed by atoms with Gasteiger partial charge in [0.25, 0.3) is 0 Å². The average Bonchev–Trinajstić information content (AvgIpc) is 2.82. The molecule has 3 nitrogen and oxygen atoms in total. The zero-order chi connectivity index (χ0) is 11.4. The first kappa shape index (κ1) is 14.1. The summed E-state index contributed by atoms with van der Waals surface area (Å²) >= 11 is 0. The zero-order valence-electron chi connectivity index (χ0n) is 9.89. The fourth-order valence-corrected chi connectivity index (χ4v) is 2.04. The third kappa shape index (κ3) is 3.52. The number of hydrogen-bond donors (Lipinski definition) is 0.